The third-order valence-electron chi connectivity index (χ3n) is 5.89. The van der Waals surface area contributed by atoms with Gasteiger partial charge in [-0.05, 0) is 70.6 Å². The molecule has 0 saturated carbocycles. The molecular formula is C34H60O3. The van der Waals surface area contributed by atoms with E-state index in [9.17, 15) is 9.59 Å². The topological polar surface area (TPSA) is 43.4 Å². The van der Waals surface area contributed by atoms with Crippen LogP contribution in [0.15, 0.2) is 48.6 Å². The maximum Gasteiger partial charge on any atom is 0.302 e. The second-order valence-corrected chi connectivity index (χ2v) is 9.68. The summed E-state index contributed by atoms with van der Waals surface area (Å²) in [7, 11) is 0. The van der Waals surface area contributed by atoms with Crippen LogP contribution >= 0.6 is 0 Å². The molecule has 37 heavy (non-hydrogen) atoms. The van der Waals surface area contributed by atoms with Crippen LogP contribution in [0.5, 0.6) is 0 Å². The van der Waals surface area contributed by atoms with Crippen LogP contribution in [0, 0.1) is 0 Å². The summed E-state index contributed by atoms with van der Waals surface area (Å²) in [6.45, 7) is 6.39. The molecule has 214 valence electrons. The van der Waals surface area contributed by atoms with Gasteiger partial charge in [-0.25, -0.2) is 0 Å². The highest BCUT2D eigenvalue weighted by atomic mass is 16.5. The molecule has 0 aromatic carbocycles. The van der Waals surface area contributed by atoms with Crippen molar-refractivity contribution in [3.8, 4) is 0 Å². The Kier molecular flexibility index (Phi) is 36.5. The van der Waals surface area contributed by atoms with E-state index in [0.29, 0.717) is 6.61 Å². The molecule has 3 nitrogen and oxygen atoms in total. The first-order valence-corrected chi connectivity index (χ1v) is 15.4. The highest BCUT2D eigenvalue weighted by molar-refractivity contribution is 5.65. The predicted octanol–water partition coefficient (Wildman–Crippen LogP) is 10.8. The number of unbranched alkanes of at least 4 members (excludes halogenated alkanes) is 14. The number of allylic oxidation sites excluding steroid dienone is 7. The van der Waals surface area contributed by atoms with Gasteiger partial charge in [0.2, 0.25) is 0 Å². The average molecular weight is 517 g/mol. The fourth-order valence-electron chi connectivity index (χ4n) is 3.65. The summed E-state index contributed by atoms with van der Waals surface area (Å²) < 4.78 is 4.83. The van der Waals surface area contributed by atoms with Crippen LogP contribution in [0.2, 0.25) is 0 Å². The van der Waals surface area contributed by atoms with Crippen molar-refractivity contribution in [2.75, 3.05) is 6.61 Å². The van der Waals surface area contributed by atoms with E-state index in [4.69, 9.17) is 4.74 Å². The van der Waals surface area contributed by atoms with Crippen molar-refractivity contribution in [3.05, 3.63) is 48.6 Å². The third kappa shape index (κ3) is 41.5. The first-order chi connectivity index (χ1) is 18.2. The van der Waals surface area contributed by atoms with Gasteiger partial charge in [0, 0.05) is 13.3 Å². The summed E-state index contributed by atoms with van der Waals surface area (Å²) in [5, 5.41) is 0. The lowest BCUT2D eigenvalue weighted by atomic mass is 10.1. The second-order valence-electron chi connectivity index (χ2n) is 9.68. The quantitative estimate of drug-likeness (QED) is 0.0524. The maximum absolute atomic E-state index is 10.5. The zero-order valence-corrected chi connectivity index (χ0v) is 24.8. The number of carbonyl (C=O) groups is 2. The minimum Gasteiger partial charge on any atom is -0.466 e. The summed E-state index contributed by atoms with van der Waals surface area (Å²) in [6.07, 6.45) is 43.0. The lowest BCUT2D eigenvalue weighted by Gasteiger charge is -1.99. The predicted molar refractivity (Wildman–Crippen MR) is 163 cm³/mol. The Labute approximate surface area is 230 Å². The number of esters is 1. The fourth-order valence-corrected chi connectivity index (χ4v) is 3.65. The van der Waals surface area contributed by atoms with Gasteiger partial charge >= 0.3 is 5.97 Å². The Morgan fingerprint density at radius 1 is 0.514 bits per heavy atom. The van der Waals surface area contributed by atoms with Crippen molar-refractivity contribution in [2.45, 2.75) is 149 Å². The van der Waals surface area contributed by atoms with Gasteiger partial charge < -0.3 is 9.53 Å². The molecule has 0 spiro atoms. The highest BCUT2D eigenvalue weighted by Crippen LogP contribution is 2.09. The molecule has 3 heteroatoms. The standard InChI is InChI=1S/C18H32O.C16H28O2/c1-2-3-4-5-6-7-8-9-10-11-12-13-14-15-16-17-18-19;1-3-4-5-6-7-8-9-10-11-12-13-14-15-18-16(2)17/h4-5,7-8,18H,2-3,6,9-17H2,1H3;7-8,12-13H,3-6,9-11,14-15H2,1-2H3/b5-4+,8-7+;8-7-,13-12+. The van der Waals surface area contributed by atoms with E-state index < -0.39 is 0 Å². The minimum absolute atomic E-state index is 0.198. The van der Waals surface area contributed by atoms with Gasteiger partial charge in [0.05, 0.1) is 6.61 Å². The van der Waals surface area contributed by atoms with Gasteiger partial charge in [0.25, 0.3) is 0 Å². The minimum atomic E-state index is -0.198. The van der Waals surface area contributed by atoms with E-state index in [0.717, 1.165) is 38.4 Å². The molecule has 0 aliphatic carbocycles. The molecule has 0 atom stereocenters. The van der Waals surface area contributed by atoms with E-state index in [1.807, 2.05) is 0 Å². The summed E-state index contributed by atoms with van der Waals surface area (Å²) in [5.74, 6) is -0.198. The Morgan fingerprint density at radius 2 is 0.973 bits per heavy atom. The lowest BCUT2D eigenvalue weighted by Crippen LogP contribution is -1.98. The summed E-state index contributed by atoms with van der Waals surface area (Å²) in [6, 6.07) is 0. The number of aldehydes is 1. The van der Waals surface area contributed by atoms with Crippen LogP contribution < -0.4 is 0 Å². The molecule has 0 radical (unpaired) electrons. The monoisotopic (exact) mass is 516 g/mol. The molecule has 0 unspecified atom stereocenters. The number of hydrogen-bond donors (Lipinski definition) is 0. The molecule has 0 rings (SSSR count). The smallest absolute Gasteiger partial charge is 0.302 e. The molecule has 0 N–H and O–H groups in total. The largest absolute Gasteiger partial charge is 0.466 e. The van der Waals surface area contributed by atoms with Gasteiger partial charge in [0.15, 0.2) is 0 Å². The van der Waals surface area contributed by atoms with Gasteiger partial charge in [-0.15, -0.1) is 0 Å². The molecular weight excluding hydrogens is 456 g/mol. The van der Waals surface area contributed by atoms with Gasteiger partial charge in [-0.3, -0.25) is 4.79 Å². The molecule has 0 aliphatic rings. The molecule has 0 aromatic rings. The Hall–Kier alpha value is -1.90. The molecule has 0 heterocycles. The van der Waals surface area contributed by atoms with E-state index in [1.165, 1.54) is 103 Å². The number of hydrogen-bond acceptors (Lipinski definition) is 3. The van der Waals surface area contributed by atoms with E-state index in [2.05, 4.69) is 62.5 Å². The van der Waals surface area contributed by atoms with E-state index in [-0.39, 0.29) is 5.97 Å². The van der Waals surface area contributed by atoms with Crippen LogP contribution in [0.3, 0.4) is 0 Å². The van der Waals surface area contributed by atoms with E-state index >= 15 is 0 Å². The summed E-state index contributed by atoms with van der Waals surface area (Å²) in [4.78, 5) is 20.6. The molecule has 0 saturated heterocycles. The molecule has 0 bridgehead atoms. The van der Waals surface area contributed by atoms with Gasteiger partial charge in [-0.2, -0.15) is 0 Å². The fraction of sp³-hybridized carbons (Fsp3) is 0.706. The zero-order valence-electron chi connectivity index (χ0n) is 24.8. The Bertz CT molecular complexity index is 572. The van der Waals surface area contributed by atoms with Crippen molar-refractivity contribution in [2.24, 2.45) is 0 Å². The maximum atomic E-state index is 10.5. The summed E-state index contributed by atoms with van der Waals surface area (Å²) in [5.41, 5.74) is 0. The zero-order chi connectivity index (χ0) is 27.5. The van der Waals surface area contributed by atoms with Crippen molar-refractivity contribution in [1.29, 1.82) is 0 Å². The molecule has 0 fully saturated rings. The third-order valence-corrected chi connectivity index (χ3v) is 5.89. The second kappa shape index (κ2) is 36.3. The van der Waals surface area contributed by atoms with Crippen LogP contribution in [0.4, 0.5) is 0 Å². The normalized spacial score (nSPS) is 11.5. The molecule has 0 aromatic heterocycles. The van der Waals surface area contributed by atoms with Crippen LogP contribution in [-0.2, 0) is 14.3 Å². The SMILES string of the molecule is CCC/C=C/C/C=C/CCCCCCCCCC=O.CCCCC/C=C\CCC/C=C/CCOC(C)=O. The first kappa shape index (κ1) is 37.3. The Morgan fingerprint density at radius 3 is 1.51 bits per heavy atom. The Balaban J connectivity index is 0. The van der Waals surface area contributed by atoms with Crippen molar-refractivity contribution >= 4 is 12.3 Å². The van der Waals surface area contributed by atoms with Crippen molar-refractivity contribution < 1.29 is 14.3 Å². The number of carbonyl (C=O) groups excluding carboxylic acids is 2. The summed E-state index contributed by atoms with van der Waals surface area (Å²) >= 11 is 0. The van der Waals surface area contributed by atoms with Crippen LogP contribution in [-0.4, -0.2) is 18.9 Å². The van der Waals surface area contributed by atoms with Crippen LogP contribution in [0.1, 0.15) is 149 Å². The average Bonchev–Trinajstić information content (AvgIpc) is 2.89. The van der Waals surface area contributed by atoms with Gasteiger partial charge in [-0.1, -0.05) is 114 Å². The van der Waals surface area contributed by atoms with E-state index in [1.54, 1.807) is 0 Å². The molecule has 0 aliphatic heterocycles. The lowest BCUT2D eigenvalue weighted by molar-refractivity contribution is -0.140. The number of rotatable bonds is 25. The van der Waals surface area contributed by atoms with Crippen LogP contribution in [0.25, 0.3) is 0 Å². The van der Waals surface area contributed by atoms with Crippen molar-refractivity contribution in [3.63, 3.8) is 0 Å². The molecule has 0 amide bonds. The highest BCUT2D eigenvalue weighted by Gasteiger charge is 1.91. The van der Waals surface area contributed by atoms with Gasteiger partial charge in [0.1, 0.15) is 6.29 Å². The number of ether oxygens (including phenoxy) is 1. The van der Waals surface area contributed by atoms with Crippen molar-refractivity contribution in [1.82, 2.24) is 0 Å². The first-order valence-electron chi connectivity index (χ1n) is 15.4.